The fraction of sp³-hybridized carbons (Fsp3) is 0.292. The molecule has 0 radical (unpaired) electrons. The van der Waals surface area contributed by atoms with E-state index in [0.717, 1.165) is 18.2 Å². The van der Waals surface area contributed by atoms with E-state index < -0.39 is 34.9 Å². The van der Waals surface area contributed by atoms with Crippen LogP contribution in [0.1, 0.15) is 52.0 Å². The zero-order valence-corrected chi connectivity index (χ0v) is 17.3. The topological polar surface area (TPSA) is 75.4 Å². The van der Waals surface area contributed by atoms with Crippen molar-refractivity contribution < 1.29 is 18.7 Å². The van der Waals surface area contributed by atoms with Gasteiger partial charge in [0.15, 0.2) is 11.4 Å². The van der Waals surface area contributed by atoms with Crippen LogP contribution in [-0.4, -0.2) is 38.3 Å². The van der Waals surface area contributed by atoms with Gasteiger partial charge in [-0.1, -0.05) is 24.3 Å². The summed E-state index contributed by atoms with van der Waals surface area (Å²) in [6.07, 6.45) is 2.44. The van der Waals surface area contributed by atoms with E-state index in [4.69, 9.17) is 0 Å². The minimum absolute atomic E-state index is 0.165. The molecule has 1 fully saturated rings. The minimum Gasteiger partial charge on any atom is -0.502 e. The molecule has 1 aromatic heterocycles. The SMILES string of the molecule is Cc1c(F)cccc1C(c1ccc(F)cc1)[C@H]1[C@H]2CCCN2C(=O)c2c(O)c(=O)cnn21. The molecule has 1 unspecified atom stereocenters. The van der Waals surface area contributed by atoms with Crippen LogP contribution in [-0.2, 0) is 0 Å². The second kappa shape index (κ2) is 7.55. The molecule has 3 heterocycles. The molecule has 0 saturated carbocycles. The Balaban J connectivity index is 1.81. The summed E-state index contributed by atoms with van der Waals surface area (Å²) in [5.41, 5.74) is 0.934. The smallest absolute Gasteiger partial charge is 0.276 e. The number of rotatable bonds is 3. The quantitative estimate of drug-likeness (QED) is 0.680. The first kappa shape index (κ1) is 20.4. The molecule has 164 valence electrons. The van der Waals surface area contributed by atoms with Crippen molar-refractivity contribution in [1.29, 1.82) is 0 Å². The van der Waals surface area contributed by atoms with E-state index in [2.05, 4.69) is 5.10 Å². The van der Waals surface area contributed by atoms with Crippen LogP contribution in [0.3, 0.4) is 0 Å². The highest BCUT2D eigenvalue weighted by molar-refractivity contribution is 5.96. The second-order valence-electron chi connectivity index (χ2n) is 8.33. The van der Waals surface area contributed by atoms with Gasteiger partial charge in [-0.05, 0) is 54.7 Å². The average molecular weight is 437 g/mol. The summed E-state index contributed by atoms with van der Waals surface area (Å²) in [7, 11) is 0. The van der Waals surface area contributed by atoms with Gasteiger partial charge < -0.3 is 10.0 Å². The van der Waals surface area contributed by atoms with Crippen molar-refractivity contribution in [3.05, 3.63) is 92.9 Å². The molecular weight excluding hydrogens is 416 g/mol. The van der Waals surface area contributed by atoms with E-state index in [9.17, 15) is 23.5 Å². The number of hydrogen-bond donors (Lipinski definition) is 1. The fourth-order valence-electron chi connectivity index (χ4n) is 5.14. The lowest BCUT2D eigenvalue weighted by atomic mass is 9.78. The normalized spacial score (nSPS) is 20.7. The molecule has 2 aliphatic heterocycles. The molecule has 32 heavy (non-hydrogen) atoms. The van der Waals surface area contributed by atoms with Crippen LogP contribution in [0.25, 0.3) is 0 Å². The molecule has 2 aromatic carbocycles. The maximum Gasteiger partial charge on any atom is 0.276 e. The number of aromatic nitrogens is 2. The van der Waals surface area contributed by atoms with Gasteiger partial charge in [0.25, 0.3) is 5.91 Å². The van der Waals surface area contributed by atoms with E-state index in [-0.39, 0.29) is 17.6 Å². The third kappa shape index (κ3) is 3.01. The summed E-state index contributed by atoms with van der Waals surface area (Å²) in [4.78, 5) is 26.9. The number of amides is 1. The van der Waals surface area contributed by atoms with Gasteiger partial charge in [0.05, 0.1) is 18.3 Å². The van der Waals surface area contributed by atoms with Gasteiger partial charge >= 0.3 is 0 Å². The van der Waals surface area contributed by atoms with Gasteiger partial charge in [-0.2, -0.15) is 5.10 Å². The third-order valence-corrected chi connectivity index (χ3v) is 6.64. The zero-order chi connectivity index (χ0) is 22.6. The largest absolute Gasteiger partial charge is 0.502 e. The molecule has 3 atom stereocenters. The highest BCUT2D eigenvalue weighted by Gasteiger charge is 2.48. The maximum atomic E-state index is 14.6. The lowest BCUT2D eigenvalue weighted by Gasteiger charge is -2.43. The van der Waals surface area contributed by atoms with Crippen molar-refractivity contribution in [3.63, 3.8) is 0 Å². The number of halogens is 2. The van der Waals surface area contributed by atoms with Crippen molar-refractivity contribution >= 4 is 5.91 Å². The number of fused-ring (bicyclic) bond motifs is 2. The van der Waals surface area contributed by atoms with E-state index in [1.165, 1.54) is 22.9 Å². The van der Waals surface area contributed by atoms with Crippen molar-refractivity contribution in [1.82, 2.24) is 14.7 Å². The third-order valence-electron chi connectivity index (χ3n) is 6.64. The van der Waals surface area contributed by atoms with Crippen molar-refractivity contribution in [2.45, 2.75) is 37.8 Å². The van der Waals surface area contributed by atoms with Crippen molar-refractivity contribution in [3.8, 4) is 5.75 Å². The molecule has 1 amide bonds. The van der Waals surface area contributed by atoms with E-state index in [1.54, 1.807) is 30.0 Å². The van der Waals surface area contributed by atoms with Gasteiger partial charge in [-0.15, -0.1) is 0 Å². The lowest BCUT2D eigenvalue weighted by molar-refractivity contribution is 0.0565. The monoisotopic (exact) mass is 437 g/mol. The molecule has 8 heteroatoms. The Labute approximate surface area is 182 Å². The molecule has 6 nitrogen and oxygen atoms in total. The number of benzene rings is 2. The standard InChI is InChI=1S/C24H21F2N3O3/c1-13-16(4-2-5-17(13)26)20(14-7-9-15(25)10-8-14)21-18-6-3-11-28(18)24(32)22-23(31)19(30)12-27-29(21)22/h2,4-5,7-10,12,18,20-21,31H,3,6,11H2,1H3/t18-,20?,21-/m1/s1. The molecule has 2 aliphatic rings. The van der Waals surface area contributed by atoms with Crippen molar-refractivity contribution in [2.75, 3.05) is 6.54 Å². The Kier molecular flexibility index (Phi) is 4.80. The Morgan fingerprint density at radius 2 is 1.88 bits per heavy atom. The predicted molar refractivity (Wildman–Crippen MR) is 113 cm³/mol. The zero-order valence-electron chi connectivity index (χ0n) is 17.3. The molecule has 1 N–H and O–H groups in total. The summed E-state index contributed by atoms with van der Waals surface area (Å²) in [5.74, 6) is -2.36. The van der Waals surface area contributed by atoms with Gasteiger partial charge in [-0.3, -0.25) is 14.3 Å². The first-order chi connectivity index (χ1) is 15.4. The Hall–Kier alpha value is -3.55. The number of aromatic hydroxyl groups is 1. The van der Waals surface area contributed by atoms with Crippen LogP contribution >= 0.6 is 0 Å². The summed E-state index contributed by atoms with van der Waals surface area (Å²) in [6.45, 7) is 2.17. The van der Waals surface area contributed by atoms with Crippen LogP contribution in [0.2, 0.25) is 0 Å². The Morgan fingerprint density at radius 3 is 2.62 bits per heavy atom. The fourth-order valence-corrected chi connectivity index (χ4v) is 5.14. The predicted octanol–water partition coefficient (Wildman–Crippen LogP) is 3.53. The molecule has 0 aliphatic carbocycles. The summed E-state index contributed by atoms with van der Waals surface area (Å²) in [6, 6.07) is 9.97. The molecular formula is C24H21F2N3O3. The van der Waals surface area contributed by atoms with Gasteiger partial charge in [0.1, 0.15) is 11.6 Å². The minimum atomic E-state index is -0.735. The first-order valence-corrected chi connectivity index (χ1v) is 10.5. The van der Waals surface area contributed by atoms with Crippen LogP contribution in [0.4, 0.5) is 8.78 Å². The van der Waals surface area contributed by atoms with E-state index >= 15 is 0 Å². The van der Waals surface area contributed by atoms with Crippen LogP contribution in [0.5, 0.6) is 5.75 Å². The summed E-state index contributed by atoms with van der Waals surface area (Å²) >= 11 is 0. The van der Waals surface area contributed by atoms with Gasteiger partial charge in [0.2, 0.25) is 5.43 Å². The van der Waals surface area contributed by atoms with E-state index in [1.807, 2.05) is 6.07 Å². The number of hydrogen-bond acceptors (Lipinski definition) is 4. The Morgan fingerprint density at radius 1 is 1.12 bits per heavy atom. The first-order valence-electron chi connectivity index (χ1n) is 10.5. The second-order valence-corrected chi connectivity index (χ2v) is 8.33. The summed E-state index contributed by atoms with van der Waals surface area (Å²) < 4.78 is 29.8. The van der Waals surface area contributed by atoms with Crippen LogP contribution in [0.15, 0.2) is 53.5 Å². The average Bonchev–Trinajstić information content (AvgIpc) is 3.27. The Bertz CT molecular complexity index is 1270. The summed E-state index contributed by atoms with van der Waals surface area (Å²) in [5, 5.41) is 14.7. The molecule has 1 saturated heterocycles. The highest BCUT2D eigenvalue weighted by atomic mass is 19.1. The lowest BCUT2D eigenvalue weighted by Crippen LogP contribution is -2.51. The number of carbonyl (C=O) groups is 1. The maximum absolute atomic E-state index is 14.6. The molecule has 5 rings (SSSR count). The number of nitrogens with zero attached hydrogens (tertiary/aromatic N) is 3. The molecule has 3 aromatic rings. The highest BCUT2D eigenvalue weighted by Crippen LogP contribution is 2.46. The van der Waals surface area contributed by atoms with E-state index in [0.29, 0.717) is 24.1 Å². The van der Waals surface area contributed by atoms with Crippen LogP contribution < -0.4 is 5.43 Å². The van der Waals surface area contributed by atoms with Crippen LogP contribution in [0, 0.1) is 18.6 Å². The molecule has 0 spiro atoms. The van der Waals surface area contributed by atoms with Gasteiger partial charge in [0, 0.05) is 12.5 Å². The van der Waals surface area contributed by atoms with Gasteiger partial charge in [-0.25, -0.2) is 8.78 Å². The number of carbonyl (C=O) groups excluding carboxylic acids is 1. The molecule has 0 bridgehead atoms. The van der Waals surface area contributed by atoms with Crippen molar-refractivity contribution in [2.24, 2.45) is 0 Å².